The molecule has 3 nitrogen and oxygen atoms in total. The smallest absolute Gasteiger partial charge is 0.118 e. The third-order valence-electron chi connectivity index (χ3n) is 5.53. The van der Waals surface area contributed by atoms with Crippen LogP contribution >= 0.6 is 0 Å². The summed E-state index contributed by atoms with van der Waals surface area (Å²) in [7, 11) is 1.66. The second-order valence-corrected chi connectivity index (χ2v) is 6.80. The van der Waals surface area contributed by atoms with Crippen LogP contribution in [0.3, 0.4) is 0 Å². The van der Waals surface area contributed by atoms with Crippen molar-refractivity contribution >= 4 is 0 Å². The Balaban J connectivity index is 2.15. The molecule has 2 rings (SSSR count). The van der Waals surface area contributed by atoms with Gasteiger partial charge in [0.15, 0.2) is 0 Å². The molecule has 0 aromatic heterocycles. The minimum atomic E-state index is -0.764. The van der Waals surface area contributed by atoms with E-state index in [1.54, 1.807) is 7.11 Å². The van der Waals surface area contributed by atoms with Crippen molar-refractivity contribution < 1.29 is 9.84 Å². The summed E-state index contributed by atoms with van der Waals surface area (Å²) in [4.78, 5) is 0. The zero-order chi connectivity index (χ0) is 15.5. The van der Waals surface area contributed by atoms with E-state index in [1.165, 1.54) is 12.8 Å². The first-order chi connectivity index (χ1) is 9.96. The Hall–Kier alpha value is -1.06. The molecule has 118 valence electrons. The first-order valence-corrected chi connectivity index (χ1v) is 8.02. The molecule has 3 N–H and O–H groups in total. The summed E-state index contributed by atoms with van der Waals surface area (Å²) in [6.45, 7) is 4.75. The van der Waals surface area contributed by atoms with E-state index < -0.39 is 5.60 Å². The van der Waals surface area contributed by atoms with E-state index in [0.717, 1.165) is 24.2 Å². The lowest BCUT2D eigenvalue weighted by atomic mass is 9.68. The number of aliphatic hydroxyl groups is 1. The predicted molar refractivity (Wildman–Crippen MR) is 86.4 cm³/mol. The lowest BCUT2D eigenvalue weighted by Crippen LogP contribution is -2.50. The van der Waals surface area contributed by atoms with E-state index in [1.807, 2.05) is 31.2 Å². The summed E-state index contributed by atoms with van der Waals surface area (Å²) in [6.07, 6.45) is 5.09. The second kappa shape index (κ2) is 6.37. The first-order valence-electron chi connectivity index (χ1n) is 8.02. The molecule has 1 aromatic carbocycles. The topological polar surface area (TPSA) is 55.5 Å². The molecule has 0 aliphatic heterocycles. The molecular weight excluding hydrogens is 262 g/mol. The number of hydrogen-bond acceptors (Lipinski definition) is 3. The van der Waals surface area contributed by atoms with Gasteiger partial charge in [-0.15, -0.1) is 0 Å². The molecule has 0 amide bonds. The van der Waals surface area contributed by atoms with Crippen molar-refractivity contribution in [1.29, 1.82) is 0 Å². The van der Waals surface area contributed by atoms with Crippen LogP contribution in [0.2, 0.25) is 0 Å². The maximum absolute atomic E-state index is 11.1. The lowest BCUT2D eigenvalue weighted by molar-refractivity contribution is -0.0646. The van der Waals surface area contributed by atoms with Gasteiger partial charge >= 0.3 is 0 Å². The van der Waals surface area contributed by atoms with Crippen LogP contribution in [0.1, 0.15) is 45.1 Å². The average molecular weight is 291 g/mol. The van der Waals surface area contributed by atoms with Crippen molar-refractivity contribution in [3.05, 3.63) is 29.8 Å². The third-order valence-corrected chi connectivity index (χ3v) is 5.53. The quantitative estimate of drug-likeness (QED) is 0.846. The summed E-state index contributed by atoms with van der Waals surface area (Å²) in [5, 5.41) is 11.1. The zero-order valence-corrected chi connectivity index (χ0v) is 13.6. The van der Waals surface area contributed by atoms with Gasteiger partial charge in [-0.25, -0.2) is 0 Å². The number of methoxy groups -OCH3 is 1. The second-order valence-electron chi connectivity index (χ2n) is 6.80. The highest BCUT2D eigenvalue weighted by atomic mass is 16.5. The maximum Gasteiger partial charge on any atom is 0.118 e. The number of ether oxygens (including phenoxy) is 1. The Morgan fingerprint density at radius 3 is 2.52 bits per heavy atom. The molecule has 3 atom stereocenters. The van der Waals surface area contributed by atoms with Gasteiger partial charge in [0.25, 0.3) is 0 Å². The van der Waals surface area contributed by atoms with Crippen LogP contribution in [0, 0.1) is 11.3 Å². The minimum Gasteiger partial charge on any atom is -0.497 e. The van der Waals surface area contributed by atoms with Crippen molar-refractivity contribution in [2.45, 2.75) is 51.6 Å². The summed E-state index contributed by atoms with van der Waals surface area (Å²) in [6, 6.07) is 7.96. The SMILES string of the molecule is CCC1CCC(CN)(C(C)(O)Cc2ccc(OC)cc2)C1. The van der Waals surface area contributed by atoms with Gasteiger partial charge in [-0.05, 0) is 49.8 Å². The van der Waals surface area contributed by atoms with Crippen molar-refractivity contribution in [3.63, 3.8) is 0 Å². The van der Waals surface area contributed by atoms with Gasteiger partial charge in [0.2, 0.25) is 0 Å². The van der Waals surface area contributed by atoms with E-state index in [2.05, 4.69) is 6.92 Å². The van der Waals surface area contributed by atoms with Gasteiger partial charge in [-0.2, -0.15) is 0 Å². The first kappa shape index (κ1) is 16.3. The maximum atomic E-state index is 11.1. The largest absolute Gasteiger partial charge is 0.497 e. The Morgan fingerprint density at radius 1 is 1.38 bits per heavy atom. The van der Waals surface area contributed by atoms with Crippen molar-refractivity contribution in [1.82, 2.24) is 0 Å². The van der Waals surface area contributed by atoms with Gasteiger partial charge in [-0.1, -0.05) is 25.5 Å². The molecule has 1 fully saturated rings. The van der Waals surface area contributed by atoms with Gasteiger partial charge in [0.1, 0.15) is 5.75 Å². The fraction of sp³-hybridized carbons (Fsp3) is 0.667. The molecular formula is C18H29NO2. The molecule has 1 aliphatic rings. The number of rotatable bonds is 6. The summed E-state index contributed by atoms with van der Waals surface area (Å²) in [5.74, 6) is 1.55. The summed E-state index contributed by atoms with van der Waals surface area (Å²) in [5.41, 5.74) is 6.32. The van der Waals surface area contributed by atoms with Crippen LogP contribution in [0.5, 0.6) is 5.75 Å². The standard InChI is InChI=1S/C18H29NO2/c1-4-14-9-10-18(12-14,13-19)17(2,20)11-15-5-7-16(21-3)8-6-15/h5-8,14,20H,4,9-13,19H2,1-3H3. The monoisotopic (exact) mass is 291 g/mol. The molecule has 1 saturated carbocycles. The van der Waals surface area contributed by atoms with Crippen molar-refractivity contribution in [2.24, 2.45) is 17.1 Å². The van der Waals surface area contributed by atoms with E-state index in [9.17, 15) is 5.11 Å². The average Bonchev–Trinajstić information content (AvgIpc) is 2.93. The van der Waals surface area contributed by atoms with Crippen molar-refractivity contribution in [3.8, 4) is 5.75 Å². The molecule has 0 heterocycles. The molecule has 0 spiro atoms. The van der Waals surface area contributed by atoms with E-state index >= 15 is 0 Å². The van der Waals surface area contributed by atoms with Gasteiger partial charge in [0, 0.05) is 18.4 Å². The number of nitrogens with two attached hydrogens (primary N) is 1. The Labute approximate surface area is 128 Å². The molecule has 1 aliphatic carbocycles. The molecule has 0 bridgehead atoms. The third kappa shape index (κ3) is 3.24. The van der Waals surface area contributed by atoms with Crippen LogP contribution in [0.15, 0.2) is 24.3 Å². The Bertz CT molecular complexity index is 455. The number of hydrogen-bond donors (Lipinski definition) is 2. The molecule has 1 aromatic rings. The predicted octanol–water partition coefficient (Wildman–Crippen LogP) is 3.14. The number of benzene rings is 1. The van der Waals surface area contributed by atoms with Crippen LogP contribution in [0.25, 0.3) is 0 Å². The normalized spacial score (nSPS) is 28.3. The molecule has 0 radical (unpaired) electrons. The molecule has 3 heteroatoms. The van der Waals surface area contributed by atoms with Gasteiger partial charge in [0.05, 0.1) is 12.7 Å². The Kier molecular flexibility index (Phi) is 4.95. The lowest BCUT2D eigenvalue weighted by Gasteiger charge is -2.43. The summed E-state index contributed by atoms with van der Waals surface area (Å²) < 4.78 is 5.19. The van der Waals surface area contributed by atoms with E-state index in [-0.39, 0.29) is 5.41 Å². The highest BCUT2D eigenvalue weighted by molar-refractivity contribution is 5.28. The van der Waals surface area contributed by atoms with Crippen LogP contribution < -0.4 is 10.5 Å². The fourth-order valence-corrected chi connectivity index (χ4v) is 3.81. The molecule has 21 heavy (non-hydrogen) atoms. The fourth-order valence-electron chi connectivity index (χ4n) is 3.81. The van der Waals surface area contributed by atoms with Crippen molar-refractivity contribution in [2.75, 3.05) is 13.7 Å². The highest BCUT2D eigenvalue weighted by Gasteiger charge is 2.50. The van der Waals surface area contributed by atoms with Crippen LogP contribution in [-0.4, -0.2) is 24.4 Å². The van der Waals surface area contributed by atoms with Gasteiger partial charge in [-0.3, -0.25) is 0 Å². The highest BCUT2D eigenvalue weighted by Crippen LogP contribution is 2.50. The van der Waals surface area contributed by atoms with Crippen LogP contribution in [0.4, 0.5) is 0 Å². The van der Waals surface area contributed by atoms with Gasteiger partial charge < -0.3 is 15.6 Å². The molecule has 0 saturated heterocycles. The summed E-state index contributed by atoms with van der Waals surface area (Å²) >= 11 is 0. The molecule has 3 unspecified atom stereocenters. The Morgan fingerprint density at radius 2 is 2.05 bits per heavy atom. The van der Waals surface area contributed by atoms with E-state index in [0.29, 0.717) is 18.9 Å². The van der Waals surface area contributed by atoms with E-state index in [4.69, 9.17) is 10.5 Å². The minimum absolute atomic E-state index is 0.145. The van der Waals surface area contributed by atoms with Crippen LogP contribution in [-0.2, 0) is 6.42 Å². The zero-order valence-electron chi connectivity index (χ0n) is 13.6.